The van der Waals surface area contributed by atoms with Crippen LogP contribution in [0.15, 0.2) is 18.2 Å². The van der Waals surface area contributed by atoms with Crippen molar-refractivity contribution in [2.45, 2.75) is 32.3 Å². The Balaban J connectivity index is 2.37. The lowest BCUT2D eigenvalue weighted by Crippen LogP contribution is -2.24. The van der Waals surface area contributed by atoms with E-state index in [0.717, 1.165) is 23.3 Å². The molecular weight excluding hydrogens is 192 g/mol. The summed E-state index contributed by atoms with van der Waals surface area (Å²) in [6.45, 7) is 4.02. The minimum Gasteiger partial charge on any atom is -0.487 e. The Bertz CT molecular complexity index is 407. The summed E-state index contributed by atoms with van der Waals surface area (Å²) in [5, 5.41) is 8.79. The van der Waals surface area contributed by atoms with Crippen LogP contribution in [0.3, 0.4) is 0 Å². The summed E-state index contributed by atoms with van der Waals surface area (Å²) in [5.41, 5.74) is 1.70. The van der Waals surface area contributed by atoms with E-state index in [4.69, 9.17) is 9.84 Å². The summed E-state index contributed by atoms with van der Waals surface area (Å²) in [6.07, 6.45) is 0.856. The van der Waals surface area contributed by atoms with Crippen molar-refractivity contribution in [3.05, 3.63) is 29.3 Å². The maximum absolute atomic E-state index is 10.7. The summed E-state index contributed by atoms with van der Waals surface area (Å²) in [7, 11) is 0. The fraction of sp³-hybridized carbons (Fsp3) is 0.417. The van der Waals surface area contributed by atoms with Gasteiger partial charge in [0.15, 0.2) is 0 Å². The monoisotopic (exact) mass is 206 g/mol. The fourth-order valence-corrected chi connectivity index (χ4v) is 2.00. The Hall–Kier alpha value is -1.51. The van der Waals surface area contributed by atoms with E-state index in [1.165, 1.54) is 0 Å². The predicted octanol–water partition coefficient (Wildman–Crippen LogP) is 2.03. The first kappa shape index (κ1) is 10.0. The lowest BCUT2D eigenvalue weighted by molar-refractivity contribution is -0.136. The van der Waals surface area contributed by atoms with Crippen LogP contribution in [0.25, 0.3) is 0 Å². The first-order chi connectivity index (χ1) is 6.98. The van der Waals surface area contributed by atoms with Crippen LogP contribution in [0, 0.1) is 0 Å². The molecule has 80 valence electrons. The topological polar surface area (TPSA) is 46.5 Å². The molecule has 1 aromatic carbocycles. The molecule has 0 unspecified atom stereocenters. The van der Waals surface area contributed by atoms with Crippen LogP contribution in [0.4, 0.5) is 0 Å². The molecule has 0 saturated carbocycles. The second-order valence-electron chi connectivity index (χ2n) is 4.50. The number of ether oxygens (including phenoxy) is 1. The van der Waals surface area contributed by atoms with Crippen LogP contribution in [0.5, 0.6) is 5.75 Å². The first-order valence-electron chi connectivity index (χ1n) is 4.99. The van der Waals surface area contributed by atoms with Crippen molar-refractivity contribution in [3.63, 3.8) is 0 Å². The SMILES string of the molecule is CC1(C)Cc2c(CC(=O)O)cccc2O1. The van der Waals surface area contributed by atoms with E-state index in [-0.39, 0.29) is 12.0 Å². The fourth-order valence-electron chi connectivity index (χ4n) is 2.00. The zero-order valence-electron chi connectivity index (χ0n) is 8.91. The number of carboxylic acids is 1. The molecule has 1 aliphatic rings. The average Bonchev–Trinajstić information content (AvgIpc) is 2.39. The number of benzene rings is 1. The van der Waals surface area contributed by atoms with Gasteiger partial charge in [-0.05, 0) is 25.5 Å². The van der Waals surface area contributed by atoms with Gasteiger partial charge in [-0.2, -0.15) is 0 Å². The van der Waals surface area contributed by atoms with E-state index < -0.39 is 5.97 Å². The van der Waals surface area contributed by atoms with Crippen molar-refractivity contribution >= 4 is 5.97 Å². The number of rotatable bonds is 2. The standard InChI is InChI=1S/C12H14O3/c1-12(2)7-9-8(6-11(13)14)4-3-5-10(9)15-12/h3-5H,6-7H2,1-2H3,(H,13,14). The van der Waals surface area contributed by atoms with E-state index in [1.54, 1.807) is 0 Å². The van der Waals surface area contributed by atoms with Crippen molar-refractivity contribution in [3.8, 4) is 5.75 Å². The molecular formula is C12H14O3. The van der Waals surface area contributed by atoms with Gasteiger partial charge in [-0.25, -0.2) is 0 Å². The minimum atomic E-state index is -0.798. The lowest BCUT2D eigenvalue weighted by Gasteiger charge is -2.16. The molecule has 0 fully saturated rings. The summed E-state index contributed by atoms with van der Waals surface area (Å²) >= 11 is 0. The maximum Gasteiger partial charge on any atom is 0.307 e. The average molecular weight is 206 g/mol. The first-order valence-corrected chi connectivity index (χ1v) is 4.99. The van der Waals surface area contributed by atoms with Crippen LogP contribution < -0.4 is 4.74 Å². The number of hydrogen-bond acceptors (Lipinski definition) is 2. The molecule has 0 bridgehead atoms. The predicted molar refractivity (Wildman–Crippen MR) is 56.2 cm³/mol. The van der Waals surface area contributed by atoms with Gasteiger partial charge in [0.05, 0.1) is 6.42 Å². The van der Waals surface area contributed by atoms with Crippen molar-refractivity contribution in [1.82, 2.24) is 0 Å². The van der Waals surface area contributed by atoms with Crippen LogP contribution in [-0.2, 0) is 17.6 Å². The second kappa shape index (κ2) is 3.26. The van der Waals surface area contributed by atoms with Crippen LogP contribution in [0.2, 0.25) is 0 Å². The van der Waals surface area contributed by atoms with Gasteiger partial charge in [0.1, 0.15) is 11.4 Å². The lowest BCUT2D eigenvalue weighted by atomic mass is 9.96. The molecule has 0 atom stereocenters. The van der Waals surface area contributed by atoms with Crippen LogP contribution in [0.1, 0.15) is 25.0 Å². The van der Waals surface area contributed by atoms with Crippen LogP contribution >= 0.6 is 0 Å². The summed E-state index contributed by atoms with van der Waals surface area (Å²) in [6, 6.07) is 5.60. The number of carboxylic acid groups (broad SMARTS) is 1. The molecule has 1 aliphatic heterocycles. The molecule has 0 spiro atoms. The molecule has 0 aliphatic carbocycles. The molecule has 0 amide bonds. The highest BCUT2D eigenvalue weighted by Crippen LogP contribution is 2.36. The highest BCUT2D eigenvalue weighted by molar-refractivity contribution is 5.71. The van der Waals surface area contributed by atoms with Crippen molar-refractivity contribution < 1.29 is 14.6 Å². The van der Waals surface area contributed by atoms with Gasteiger partial charge in [-0.1, -0.05) is 12.1 Å². The molecule has 3 heteroatoms. The highest BCUT2D eigenvalue weighted by atomic mass is 16.5. The van der Waals surface area contributed by atoms with Gasteiger partial charge < -0.3 is 9.84 Å². The van der Waals surface area contributed by atoms with Crippen LogP contribution in [-0.4, -0.2) is 16.7 Å². The number of aliphatic carboxylic acids is 1. The molecule has 0 aromatic heterocycles. The smallest absolute Gasteiger partial charge is 0.307 e. The summed E-state index contributed by atoms with van der Waals surface area (Å²) in [4.78, 5) is 10.7. The largest absolute Gasteiger partial charge is 0.487 e. The maximum atomic E-state index is 10.7. The molecule has 3 nitrogen and oxygen atoms in total. The van der Waals surface area contributed by atoms with Gasteiger partial charge in [0, 0.05) is 12.0 Å². The summed E-state index contributed by atoms with van der Waals surface area (Å²) < 4.78 is 5.72. The minimum absolute atomic E-state index is 0.0720. The number of hydrogen-bond donors (Lipinski definition) is 1. The van der Waals surface area contributed by atoms with E-state index in [2.05, 4.69) is 0 Å². The molecule has 2 rings (SSSR count). The van der Waals surface area contributed by atoms with E-state index in [0.29, 0.717) is 0 Å². The molecule has 0 radical (unpaired) electrons. The normalized spacial score (nSPS) is 16.9. The zero-order valence-corrected chi connectivity index (χ0v) is 8.91. The molecule has 1 N–H and O–H groups in total. The highest BCUT2D eigenvalue weighted by Gasteiger charge is 2.31. The van der Waals surface area contributed by atoms with Gasteiger partial charge in [-0.15, -0.1) is 0 Å². The quantitative estimate of drug-likeness (QED) is 0.805. The Morgan fingerprint density at radius 3 is 2.93 bits per heavy atom. The van der Waals surface area contributed by atoms with Crippen molar-refractivity contribution in [2.24, 2.45) is 0 Å². The van der Waals surface area contributed by atoms with E-state index in [1.807, 2.05) is 32.0 Å². The molecule has 0 saturated heterocycles. The number of fused-ring (bicyclic) bond motifs is 1. The van der Waals surface area contributed by atoms with Gasteiger partial charge >= 0.3 is 5.97 Å². The molecule has 15 heavy (non-hydrogen) atoms. The van der Waals surface area contributed by atoms with Crippen molar-refractivity contribution in [2.75, 3.05) is 0 Å². The Morgan fingerprint density at radius 2 is 2.27 bits per heavy atom. The third-order valence-corrected chi connectivity index (χ3v) is 2.56. The molecule has 1 heterocycles. The van der Waals surface area contributed by atoms with E-state index >= 15 is 0 Å². The summed E-state index contributed by atoms with van der Waals surface area (Å²) in [5.74, 6) is 0.0341. The van der Waals surface area contributed by atoms with Gasteiger partial charge in [0.25, 0.3) is 0 Å². The zero-order chi connectivity index (χ0) is 11.1. The Morgan fingerprint density at radius 1 is 1.53 bits per heavy atom. The third-order valence-electron chi connectivity index (χ3n) is 2.56. The second-order valence-corrected chi connectivity index (χ2v) is 4.50. The Kier molecular flexibility index (Phi) is 2.18. The van der Waals surface area contributed by atoms with Crippen molar-refractivity contribution in [1.29, 1.82) is 0 Å². The molecule has 1 aromatic rings. The Labute approximate surface area is 88.7 Å². The van der Waals surface area contributed by atoms with Gasteiger partial charge in [0.2, 0.25) is 0 Å². The van der Waals surface area contributed by atoms with Gasteiger partial charge in [-0.3, -0.25) is 4.79 Å². The van der Waals surface area contributed by atoms with E-state index in [9.17, 15) is 4.79 Å². The number of carbonyl (C=O) groups is 1. The third kappa shape index (κ3) is 1.96.